The van der Waals surface area contributed by atoms with E-state index >= 15 is 0 Å². The molecule has 7 N–H and O–H groups in total. The van der Waals surface area contributed by atoms with Crippen LogP contribution in [0.15, 0.2) is 291 Å². The van der Waals surface area contributed by atoms with Crippen LogP contribution in [0.2, 0.25) is 0 Å². The maximum absolute atomic E-state index is 12.1. The summed E-state index contributed by atoms with van der Waals surface area (Å²) in [6.45, 7) is 30.7. The summed E-state index contributed by atoms with van der Waals surface area (Å²) in [5, 5.41) is 70.2. The number of benzene rings is 12. The Kier molecular flexibility index (Phi) is 51.2. The van der Waals surface area contributed by atoms with Gasteiger partial charge in [-0.15, -0.1) is 0 Å². The van der Waals surface area contributed by atoms with Crippen LogP contribution in [0.1, 0.15) is 68.6 Å². The molecule has 12 rings (SSSR count). The fourth-order valence-electron chi connectivity index (χ4n) is 10.6. The van der Waals surface area contributed by atoms with Crippen molar-refractivity contribution in [2.45, 2.75) is 61.2 Å². The van der Waals surface area contributed by atoms with Crippen LogP contribution >= 0.6 is 0 Å². The number of rotatable bonds is 21. The largest absolute Gasteiger partial charge is 0.508 e. The van der Waals surface area contributed by atoms with Crippen molar-refractivity contribution in [3.05, 3.63) is 314 Å². The molecule has 0 fully saturated rings. The predicted molar refractivity (Wildman–Crippen MR) is 443 cm³/mol. The second-order valence-electron chi connectivity index (χ2n) is 26.0. The van der Waals surface area contributed by atoms with Gasteiger partial charge in [0.2, 0.25) is 0 Å². The van der Waals surface area contributed by atoms with E-state index in [0.29, 0.717) is 68.5 Å². The number of ether oxygens (including phenoxy) is 7. The van der Waals surface area contributed by atoms with Crippen LogP contribution in [0.4, 0.5) is 5.69 Å². The Bertz CT molecular complexity index is 5750. The number of amides is 1. The quantitative estimate of drug-likeness (QED) is 0.0115. The molecule has 0 bridgehead atoms. The van der Waals surface area contributed by atoms with Crippen molar-refractivity contribution < 1.29 is 298 Å². The van der Waals surface area contributed by atoms with Gasteiger partial charge in [0.25, 0.3) is 5.91 Å². The molecule has 608 valence electrons. The zero-order valence-corrected chi connectivity index (χ0v) is 84.8. The molecule has 0 spiro atoms. The number of esters is 7. The molecule has 0 aliphatic carbocycles. The van der Waals surface area contributed by atoms with Crippen molar-refractivity contribution in [2.75, 3.05) is 31.7 Å². The number of aromatic hydroxyl groups is 6. The minimum Gasteiger partial charge on any atom is -0.508 e. The van der Waals surface area contributed by atoms with E-state index in [1.165, 1.54) is 13.8 Å². The number of hydrogen-bond acceptors (Lipinski definition) is 21. The Balaban J connectivity index is 0.000000720. The van der Waals surface area contributed by atoms with E-state index in [0.717, 1.165) is 65.2 Å². The van der Waals surface area contributed by atoms with E-state index in [4.69, 9.17) is 33.2 Å². The summed E-state index contributed by atoms with van der Waals surface area (Å²) in [6, 6.07) is 63.2. The number of carbonyl (C=O) groups is 8. The van der Waals surface area contributed by atoms with Crippen LogP contribution in [-0.2, 0) is 278 Å². The first-order valence-corrected chi connectivity index (χ1v) is 35.5. The summed E-state index contributed by atoms with van der Waals surface area (Å²) < 4.78 is 35.0. The molecule has 22 nitrogen and oxygen atoms in total. The Hall–Kier alpha value is -8.18. The second kappa shape index (κ2) is 55.8. The number of phenolic OH excluding ortho intramolecular Hbond substituents is 6. The third-order valence-corrected chi connectivity index (χ3v) is 16.5. The maximum atomic E-state index is 12.1. The van der Waals surface area contributed by atoms with E-state index in [2.05, 4.69) is 44.8 Å². The van der Waals surface area contributed by atoms with Crippen LogP contribution in [-0.4, -0.2) is 105 Å². The van der Waals surface area contributed by atoms with Crippen LogP contribution in [0.25, 0.3) is 64.6 Å². The number of fused-ring (bicyclic) bond motifs is 6. The molecule has 0 atom stereocenters. The van der Waals surface area contributed by atoms with Gasteiger partial charge in [-0.25, -0.2) is 33.6 Å². The number of phenols is 6. The Morgan fingerprint density at radius 1 is 0.322 bits per heavy atom. The van der Waals surface area contributed by atoms with Crippen molar-refractivity contribution in [1.29, 1.82) is 0 Å². The molecule has 1 amide bonds. The number of hydrogen-bond donors (Lipinski definition) is 7. The fourth-order valence-corrected chi connectivity index (χ4v) is 10.6. The van der Waals surface area contributed by atoms with Gasteiger partial charge in [-0.2, -0.15) is 0 Å². The molecule has 0 heterocycles. The van der Waals surface area contributed by atoms with Crippen LogP contribution in [0.5, 0.6) is 40.2 Å². The smallest absolute Gasteiger partial charge is 0.349 e. The van der Waals surface area contributed by atoms with Crippen molar-refractivity contribution in [2.24, 2.45) is 0 Å². The number of anilines is 1. The molecular weight excluding hydrogens is 2000 g/mol. The fraction of sp³-hybridized carbons (Fsp3) is 0.140. The van der Waals surface area contributed by atoms with E-state index in [1.54, 1.807) is 167 Å². The zero-order valence-electron chi connectivity index (χ0n) is 67.7. The minimum absolute atomic E-state index is 0. The normalized spacial score (nSPS) is 9.74. The Labute approximate surface area is 851 Å². The molecule has 0 saturated carbocycles. The molecule has 12 aromatic carbocycles. The Morgan fingerprint density at radius 3 is 1.19 bits per heavy atom. The van der Waals surface area contributed by atoms with Gasteiger partial charge < -0.3 is 69.1 Å². The summed E-state index contributed by atoms with van der Waals surface area (Å²) in [6.07, 6.45) is 0.611. The van der Waals surface area contributed by atoms with Crippen molar-refractivity contribution in [3.63, 3.8) is 0 Å². The minimum atomic E-state index is -0.678. The molecule has 0 unspecified atom stereocenters. The van der Waals surface area contributed by atoms with Crippen molar-refractivity contribution >= 4 is 118 Å². The molecular formula is C93H87NO21Y6. The first-order valence-electron chi connectivity index (χ1n) is 35.5. The van der Waals surface area contributed by atoms with Crippen molar-refractivity contribution in [3.8, 4) is 40.2 Å². The van der Waals surface area contributed by atoms with E-state index in [9.17, 15) is 69.0 Å². The van der Waals surface area contributed by atoms with E-state index in [-0.39, 0.29) is 286 Å². The van der Waals surface area contributed by atoms with E-state index in [1.807, 2.05) is 78.9 Å². The molecule has 28 heteroatoms. The van der Waals surface area contributed by atoms with Crippen molar-refractivity contribution in [1.82, 2.24) is 0 Å². The van der Waals surface area contributed by atoms with Gasteiger partial charge in [0.1, 0.15) is 66.7 Å². The van der Waals surface area contributed by atoms with E-state index < -0.39 is 36.5 Å². The predicted octanol–water partition coefficient (Wildman–Crippen LogP) is 18.0. The molecule has 6 radical (unpaired) electrons. The summed E-state index contributed by atoms with van der Waals surface area (Å²) in [5.41, 5.74) is 5.94. The van der Waals surface area contributed by atoms with Gasteiger partial charge >= 0.3 is 41.8 Å². The molecule has 12 aromatic rings. The van der Waals surface area contributed by atoms with Gasteiger partial charge in [-0.3, -0.25) is 4.79 Å². The molecule has 0 aromatic heterocycles. The van der Waals surface area contributed by atoms with Gasteiger partial charge in [0.15, 0.2) is 6.61 Å². The van der Waals surface area contributed by atoms with Gasteiger partial charge in [-0.05, 0) is 175 Å². The standard InChI is InChI=1S/C17H16O5.C16H14O5.C16H16O3.2C15H14O3.C14H13NO2.6Y/c1-11(2)16(19)21-9-10-22-17(20)14-7-3-6-13-12(14)5-4-8-15(13)18;1-10(2)16(19)20-9-15(18)21-14-6-4-11-7-13(17)5-3-12(11)8-14;1-11(2)16(18)19-10-9-12-5-3-7-14-13(12)6-4-8-15(14)17;1-10(2)15(17)18-9-11-5-3-7-13-12(11)6-4-8-14(13)16;1-10(2)15(17)18-9-11-3-4-13-8-14(16)6-5-12(13)7-11;1-9(2)14(17)15-12-7-3-6-11-10(12)5-4-8-13(11)16;;;;;;/h3-8,18H,1,9-10H2,2H3;3-8,17H,1,9H2,2H3;3-8,17H,1,9-10H2,2H3;2*3-8,16H,1,9H2,2H3;3-8,16H,1H2,2H3,(H,15,17);;;;;;. The summed E-state index contributed by atoms with van der Waals surface area (Å²) in [5.74, 6) is -2.24. The number of nitrogens with one attached hydrogen (secondary N) is 1. The average molecular weight is 2090 g/mol. The van der Waals surface area contributed by atoms with Crippen LogP contribution < -0.4 is 10.1 Å². The van der Waals surface area contributed by atoms with Crippen LogP contribution in [0, 0.1) is 0 Å². The third kappa shape index (κ3) is 35.2. The van der Waals surface area contributed by atoms with Gasteiger partial charge in [-0.1, -0.05) is 179 Å². The first-order chi connectivity index (χ1) is 54.8. The molecule has 121 heavy (non-hydrogen) atoms. The average Bonchev–Trinajstić information content (AvgIpc) is 0.826. The topological polar surface area (TPSA) is 335 Å². The summed E-state index contributed by atoms with van der Waals surface area (Å²) >= 11 is 0. The molecule has 0 saturated heterocycles. The Morgan fingerprint density at radius 2 is 0.686 bits per heavy atom. The second-order valence-corrected chi connectivity index (χ2v) is 26.0. The molecule has 0 aliphatic heterocycles. The monoisotopic (exact) mass is 2090 g/mol. The van der Waals surface area contributed by atoms with Crippen LogP contribution in [0.3, 0.4) is 0 Å². The molecule has 0 aliphatic rings. The SMILES string of the molecule is C=C(C)C(=O)Nc1cccc2c(O)cccc12.C=C(C)C(=O)OCC(=O)Oc1ccc2cc(O)ccc2c1.C=C(C)C(=O)OCCOC(=O)c1cccc2c(O)cccc12.C=C(C)C(=O)OCCc1cccc2c(O)cccc12.C=C(C)C(=O)OCc1ccc2cc(O)ccc2c1.C=C(C)C(=O)OCc1cccc2c(O)cccc12.[Y].[Y].[Y].[Y].[Y].[Y]. The number of carbonyl (C=O) groups excluding carboxylic acids is 8. The third-order valence-electron chi connectivity index (χ3n) is 16.5. The van der Waals surface area contributed by atoms with Gasteiger partial charge in [0, 0.05) is 269 Å². The van der Waals surface area contributed by atoms with Gasteiger partial charge in [0.05, 0.1) is 12.2 Å². The first kappa shape index (κ1) is 111. The zero-order chi connectivity index (χ0) is 84.0. The summed E-state index contributed by atoms with van der Waals surface area (Å²) in [4.78, 5) is 91.5. The summed E-state index contributed by atoms with van der Waals surface area (Å²) in [7, 11) is 0. The maximum Gasteiger partial charge on any atom is 0.349 e.